The van der Waals surface area contributed by atoms with Gasteiger partial charge in [0.1, 0.15) is 5.82 Å². The number of aromatic nitrogens is 1. The Bertz CT molecular complexity index is 1000. The molecule has 13 nitrogen and oxygen atoms in total. The van der Waals surface area contributed by atoms with Crippen LogP contribution in [0.25, 0.3) is 10.9 Å². The third-order valence-corrected chi connectivity index (χ3v) is 4.37. The Kier molecular flexibility index (Phi) is 10.9. The fraction of sp³-hybridized carbons (Fsp3) is 0.333. The molecule has 1 fully saturated rings. The molecule has 5 N–H and O–H groups in total. The van der Waals surface area contributed by atoms with Crippen LogP contribution in [0.2, 0.25) is 0 Å². The van der Waals surface area contributed by atoms with Crippen LogP contribution >= 0.6 is 0 Å². The summed E-state index contributed by atoms with van der Waals surface area (Å²) in [5.74, 6) is -6.41. The van der Waals surface area contributed by atoms with Crippen LogP contribution in [-0.4, -0.2) is 93.8 Å². The summed E-state index contributed by atoms with van der Waals surface area (Å²) in [6.45, 7) is 2.51. The summed E-state index contributed by atoms with van der Waals surface area (Å²) in [4.78, 5) is 57.5. The number of pyridine rings is 1. The number of carboxylic acid groups (broad SMARTS) is 4. The standard InChI is InChI=1S/C17H22N4O.2C2H2O4/c1-20(2)16-11-15(13-7-3-4-8-14(13)18-16)19-17(22)12-21-9-5-6-10-21;2*3-1(4)2(5)6/h3-4,7-8,11H,5-6,9-10,12H2,1-2H3,(H,18,19,22);2*(H,3,4)(H,5,6). The monoisotopic (exact) mass is 478 g/mol. The molecule has 2 aromatic rings. The van der Waals surface area contributed by atoms with Crippen molar-refractivity contribution in [3.05, 3.63) is 30.3 Å². The number of carbonyl (C=O) groups is 5. The molecule has 184 valence electrons. The number of rotatable bonds is 4. The van der Waals surface area contributed by atoms with Gasteiger partial charge < -0.3 is 30.6 Å². The van der Waals surface area contributed by atoms with Crippen molar-refractivity contribution in [2.24, 2.45) is 0 Å². The average Bonchev–Trinajstić information content (AvgIpc) is 3.27. The normalized spacial score (nSPS) is 12.4. The first-order chi connectivity index (χ1) is 15.9. The molecule has 1 aromatic heterocycles. The van der Waals surface area contributed by atoms with E-state index in [0.717, 1.165) is 35.5 Å². The number of hydrogen-bond donors (Lipinski definition) is 5. The fourth-order valence-electron chi connectivity index (χ4n) is 2.83. The van der Waals surface area contributed by atoms with E-state index in [0.29, 0.717) is 6.54 Å². The number of carbonyl (C=O) groups excluding carboxylic acids is 1. The summed E-state index contributed by atoms with van der Waals surface area (Å²) >= 11 is 0. The number of nitrogens with zero attached hydrogens (tertiary/aromatic N) is 3. The molecule has 0 aliphatic carbocycles. The number of fused-ring (bicyclic) bond motifs is 1. The summed E-state index contributed by atoms with van der Waals surface area (Å²) in [5, 5.41) is 33.6. The Hall–Kier alpha value is -4.26. The number of nitrogens with one attached hydrogen (secondary N) is 1. The average molecular weight is 478 g/mol. The second-order valence-corrected chi connectivity index (χ2v) is 7.19. The van der Waals surface area contributed by atoms with E-state index in [1.165, 1.54) is 12.8 Å². The van der Waals surface area contributed by atoms with Gasteiger partial charge in [0, 0.05) is 25.5 Å². The molecule has 0 unspecified atom stereocenters. The van der Waals surface area contributed by atoms with E-state index in [1.807, 2.05) is 49.3 Å². The van der Waals surface area contributed by atoms with Crippen LogP contribution in [0.1, 0.15) is 12.8 Å². The Balaban J connectivity index is 0.000000401. The highest BCUT2D eigenvalue weighted by Crippen LogP contribution is 2.26. The molecule has 1 aliphatic heterocycles. The number of likely N-dealkylation sites (tertiary alicyclic amines) is 1. The van der Waals surface area contributed by atoms with Gasteiger partial charge in [0.05, 0.1) is 17.7 Å². The lowest BCUT2D eigenvalue weighted by molar-refractivity contribution is -0.159. The fourth-order valence-corrected chi connectivity index (χ4v) is 2.83. The van der Waals surface area contributed by atoms with Crippen LogP contribution in [0, 0.1) is 0 Å². The number of benzene rings is 1. The van der Waals surface area contributed by atoms with Gasteiger partial charge in [0.25, 0.3) is 0 Å². The number of hydrogen-bond acceptors (Lipinski definition) is 8. The van der Waals surface area contributed by atoms with E-state index in [4.69, 9.17) is 39.6 Å². The zero-order chi connectivity index (χ0) is 25.8. The van der Waals surface area contributed by atoms with Crippen molar-refractivity contribution in [1.29, 1.82) is 0 Å². The van der Waals surface area contributed by atoms with E-state index in [1.54, 1.807) is 0 Å². The maximum absolute atomic E-state index is 12.3. The van der Waals surface area contributed by atoms with Gasteiger partial charge in [-0.15, -0.1) is 0 Å². The summed E-state index contributed by atoms with van der Waals surface area (Å²) in [5.41, 5.74) is 1.73. The highest BCUT2D eigenvalue weighted by atomic mass is 16.4. The Morgan fingerprint density at radius 3 is 1.88 bits per heavy atom. The minimum atomic E-state index is -1.82. The van der Waals surface area contributed by atoms with E-state index in [-0.39, 0.29) is 5.91 Å². The largest absolute Gasteiger partial charge is 0.473 e. The molecule has 2 heterocycles. The van der Waals surface area contributed by atoms with Crippen LogP contribution in [0.5, 0.6) is 0 Å². The molecule has 0 bridgehead atoms. The highest BCUT2D eigenvalue weighted by Gasteiger charge is 2.16. The van der Waals surface area contributed by atoms with Gasteiger partial charge in [-0.3, -0.25) is 9.69 Å². The van der Waals surface area contributed by atoms with Crippen molar-refractivity contribution in [2.75, 3.05) is 43.9 Å². The van der Waals surface area contributed by atoms with Crippen LogP contribution in [-0.2, 0) is 24.0 Å². The number of amides is 1. The van der Waals surface area contributed by atoms with Crippen molar-refractivity contribution in [3.8, 4) is 0 Å². The second-order valence-electron chi connectivity index (χ2n) is 7.19. The molecule has 0 saturated carbocycles. The SMILES string of the molecule is CN(C)c1cc(NC(=O)CN2CCCC2)c2ccccc2n1.O=C(O)C(=O)O.O=C(O)C(=O)O. The van der Waals surface area contributed by atoms with Gasteiger partial charge in [0.2, 0.25) is 5.91 Å². The number of anilines is 2. The maximum Gasteiger partial charge on any atom is 0.414 e. The number of aliphatic carboxylic acids is 4. The van der Waals surface area contributed by atoms with Crippen LogP contribution < -0.4 is 10.2 Å². The third kappa shape index (κ3) is 9.48. The molecule has 34 heavy (non-hydrogen) atoms. The molecule has 13 heteroatoms. The first-order valence-electron chi connectivity index (χ1n) is 9.94. The van der Waals surface area contributed by atoms with Gasteiger partial charge >= 0.3 is 23.9 Å². The Morgan fingerprint density at radius 2 is 1.41 bits per heavy atom. The predicted molar refractivity (Wildman–Crippen MR) is 121 cm³/mol. The second kappa shape index (κ2) is 13.3. The van der Waals surface area contributed by atoms with Gasteiger partial charge in [0.15, 0.2) is 0 Å². The summed E-state index contributed by atoms with van der Waals surface area (Å²) in [7, 11) is 3.90. The molecular formula is C21H26N4O9. The van der Waals surface area contributed by atoms with Gasteiger partial charge in [-0.1, -0.05) is 18.2 Å². The lowest BCUT2D eigenvalue weighted by Gasteiger charge is -2.17. The van der Waals surface area contributed by atoms with Crippen molar-refractivity contribution >= 4 is 52.2 Å². The maximum atomic E-state index is 12.3. The van der Waals surface area contributed by atoms with Gasteiger partial charge in [-0.2, -0.15) is 0 Å². The van der Waals surface area contributed by atoms with E-state index in [2.05, 4.69) is 15.2 Å². The molecule has 0 atom stereocenters. The number of para-hydroxylation sites is 1. The highest BCUT2D eigenvalue weighted by molar-refractivity contribution is 6.27. The number of carboxylic acids is 4. The molecule has 1 saturated heterocycles. The van der Waals surface area contributed by atoms with Crippen molar-refractivity contribution in [1.82, 2.24) is 9.88 Å². The summed E-state index contributed by atoms with van der Waals surface area (Å²) in [6, 6.07) is 9.83. The molecule has 1 aromatic carbocycles. The van der Waals surface area contributed by atoms with Gasteiger partial charge in [-0.25, -0.2) is 24.2 Å². The van der Waals surface area contributed by atoms with Crippen LogP contribution in [0.4, 0.5) is 11.5 Å². The molecule has 1 aliphatic rings. The van der Waals surface area contributed by atoms with E-state index < -0.39 is 23.9 Å². The molecule has 0 spiro atoms. The van der Waals surface area contributed by atoms with Crippen molar-refractivity contribution in [2.45, 2.75) is 12.8 Å². The minimum absolute atomic E-state index is 0.0444. The first kappa shape index (κ1) is 27.8. The van der Waals surface area contributed by atoms with Crippen molar-refractivity contribution < 1.29 is 44.4 Å². The summed E-state index contributed by atoms with van der Waals surface area (Å²) < 4.78 is 0. The smallest absolute Gasteiger partial charge is 0.414 e. The zero-order valence-electron chi connectivity index (χ0n) is 18.6. The quantitative estimate of drug-likeness (QED) is 0.385. The molecular weight excluding hydrogens is 452 g/mol. The van der Waals surface area contributed by atoms with Crippen LogP contribution in [0.3, 0.4) is 0 Å². The predicted octanol–water partition coefficient (Wildman–Crippen LogP) is 0.646. The zero-order valence-corrected chi connectivity index (χ0v) is 18.6. The topological polar surface area (TPSA) is 198 Å². The first-order valence-corrected chi connectivity index (χ1v) is 9.94. The van der Waals surface area contributed by atoms with Gasteiger partial charge in [-0.05, 0) is 32.0 Å². The molecule has 0 radical (unpaired) electrons. The minimum Gasteiger partial charge on any atom is -0.473 e. The molecule has 3 rings (SSSR count). The van der Waals surface area contributed by atoms with Crippen molar-refractivity contribution in [3.63, 3.8) is 0 Å². The lowest BCUT2D eigenvalue weighted by atomic mass is 10.1. The van der Waals surface area contributed by atoms with E-state index in [9.17, 15) is 4.79 Å². The Morgan fingerprint density at radius 1 is 0.912 bits per heavy atom. The van der Waals surface area contributed by atoms with E-state index >= 15 is 0 Å². The molecule has 1 amide bonds. The summed E-state index contributed by atoms with van der Waals surface area (Å²) in [6.07, 6.45) is 2.38. The van der Waals surface area contributed by atoms with Crippen LogP contribution in [0.15, 0.2) is 30.3 Å². The lowest BCUT2D eigenvalue weighted by Crippen LogP contribution is -2.31. The Labute approximate surface area is 194 Å². The third-order valence-electron chi connectivity index (χ3n) is 4.37.